The minimum absolute atomic E-state index is 0.589. The summed E-state index contributed by atoms with van der Waals surface area (Å²) >= 11 is 0. The molecule has 0 spiro atoms. The molecular weight excluding hydrogens is 270 g/mol. The van der Waals surface area contributed by atoms with Crippen LogP contribution in [0.4, 0.5) is 0 Å². The Morgan fingerprint density at radius 3 is 2.33 bits per heavy atom. The van der Waals surface area contributed by atoms with Crippen LogP contribution in [0.3, 0.4) is 0 Å². The molecule has 2 heterocycles. The van der Waals surface area contributed by atoms with Crippen molar-refractivity contribution in [2.24, 2.45) is 0 Å². The smallest absolute Gasteiger partial charge is 0.204 e. The van der Waals surface area contributed by atoms with Crippen molar-refractivity contribution in [3.8, 4) is 28.8 Å². The van der Waals surface area contributed by atoms with Gasteiger partial charge in [-0.3, -0.25) is 4.57 Å². The van der Waals surface area contributed by atoms with Gasteiger partial charge in [0.1, 0.15) is 29.3 Å². The summed E-state index contributed by atoms with van der Waals surface area (Å²) in [6.07, 6.45) is 1.60. The number of methoxy groups -OCH3 is 2. The molecule has 108 valence electrons. The molecule has 0 bridgehead atoms. The molecule has 21 heavy (non-hydrogen) atoms. The summed E-state index contributed by atoms with van der Waals surface area (Å²) < 4.78 is 18.3. The minimum atomic E-state index is 0.589. The summed E-state index contributed by atoms with van der Waals surface area (Å²) in [4.78, 5) is 0. The van der Waals surface area contributed by atoms with Crippen molar-refractivity contribution in [2.45, 2.75) is 6.92 Å². The maximum absolute atomic E-state index is 5.63. The number of furan rings is 1. The van der Waals surface area contributed by atoms with Crippen molar-refractivity contribution in [3.63, 3.8) is 0 Å². The van der Waals surface area contributed by atoms with Crippen LogP contribution < -0.4 is 9.47 Å². The Kier molecular flexibility index (Phi) is 3.35. The molecule has 0 amide bonds. The minimum Gasteiger partial charge on any atom is -0.494 e. The zero-order chi connectivity index (χ0) is 14.8. The van der Waals surface area contributed by atoms with Crippen molar-refractivity contribution >= 4 is 0 Å². The first-order chi connectivity index (χ1) is 10.2. The summed E-state index contributed by atoms with van der Waals surface area (Å²) in [5.74, 6) is 3.37. The van der Waals surface area contributed by atoms with Gasteiger partial charge in [-0.05, 0) is 31.2 Å². The molecule has 0 unspecified atom stereocenters. The summed E-state index contributed by atoms with van der Waals surface area (Å²) in [6.45, 7) is 1.88. The third-order valence-electron chi connectivity index (χ3n) is 3.15. The quantitative estimate of drug-likeness (QED) is 0.737. The maximum atomic E-state index is 5.63. The van der Waals surface area contributed by atoms with Crippen LogP contribution in [0.1, 0.15) is 5.76 Å². The van der Waals surface area contributed by atoms with E-state index in [0.717, 1.165) is 11.4 Å². The monoisotopic (exact) mass is 285 g/mol. The number of hydrogen-bond acceptors (Lipinski definition) is 5. The number of rotatable bonds is 4. The van der Waals surface area contributed by atoms with Gasteiger partial charge >= 0.3 is 0 Å². The van der Waals surface area contributed by atoms with E-state index in [4.69, 9.17) is 13.9 Å². The van der Waals surface area contributed by atoms with Gasteiger partial charge in [0.2, 0.25) is 5.82 Å². The first-order valence-corrected chi connectivity index (χ1v) is 6.42. The van der Waals surface area contributed by atoms with Gasteiger partial charge < -0.3 is 13.9 Å². The van der Waals surface area contributed by atoms with Gasteiger partial charge in [-0.25, -0.2) is 0 Å². The lowest BCUT2D eigenvalue weighted by atomic mass is 10.2. The summed E-state index contributed by atoms with van der Waals surface area (Å²) in [7, 11) is 3.22. The van der Waals surface area contributed by atoms with E-state index in [2.05, 4.69) is 10.2 Å². The lowest BCUT2D eigenvalue weighted by Gasteiger charge is -2.14. The maximum Gasteiger partial charge on any atom is 0.204 e. The van der Waals surface area contributed by atoms with E-state index in [9.17, 15) is 0 Å². The average molecular weight is 285 g/mol. The van der Waals surface area contributed by atoms with Crippen LogP contribution in [0, 0.1) is 6.92 Å². The van der Waals surface area contributed by atoms with E-state index in [-0.39, 0.29) is 0 Å². The molecule has 3 aromatic rings. The zero-order valence-corrected chi connectivity index (χ0v) is 12.0. The van der Waals surface area contributed by atoms with Crippen molar-refractivity contribution < 1.29 is 13.9 Å². The van der Waals surface area contributed by atoms with Gasteiger partial charge in [0.15, 0.2) is 5.76 Å². The van der Waals surface area contributed by atoms with Crippen molar-refractivity contribution in [2.75, 3.05) is 14.2 Å². The molecule has 0 saturated carbocycles. The van der Waals surface area contributed by atoms with Crippen LogP contribution >= 0.6 is 0 Å². The normalized spacial score (nSPS) is 10.6. The first kappa shape index (κ1) is 13.2. The number of nitrogens with zero attached hydrogens (tertiary/aromatic N) is 3. The molecule has 0 aliphatic heterocycles. The highest BCUT2D eigenvalue weighted by atomic mass is 16.5. The van der Waals surface area contributed by atoms with Crippen LogP contribution in [-0.4, -0.2) is 29.0 Å². The van der Waals surface area contributed by atoms with E-state index in [1.54, 1.807) is 25.1 Å². The topological polar surface area (TPSA) is 62.3 Å². The molecule has 0 atom stereocenters. The van der Waals surface area contributed by atoms with E-state index in [1.807, 2.05) is 37.3 Å². The molecule has 6 nitrogen and oxygen atoms in total. The van der Waals surface area contributed by atoms with E-state index in [1.165, 1.54) is 0 Å². The lowest BCUT2D eigenvalue weighted by molar-refractivity contribution is 0.391. The number of para-hydroxylation sites is 1. The Morgan fingerprint density at radius 2 is 1.76 bits per heavy atom. The summed E-state index contributed by atoms with van der Waals surface area (Å²) in [6, 6.07) is 9.32. The highest BCUT2D eigenvalue weighted by Gasteiger charge is 2.19. The Balaban J connectivity index is 2.21. The van der Waals surface area contributed by atoms with Gasteiger partial charge in [0.05, 0.1) is 14.2 Å². The Labute approximate surface area is 121 Å². The van der Waals surface area contributed by atoms with Crippen LogP contribution in [0.5, 0.6) is 11.5 Å². The fourth-order valence-corrected chi connectivity index (χ4v) is 2.19. The molecular formula is C15H15N3O3. The lowest BCUT2D eigenvalue weighted by Crippen LogP contribution is -2.02. The molecule has 0 saturated heterocycles. The Hall–Kier alpha value is -2.76. The first-order valence-electron chi connectivity index (χ1n) is 6.42. The second-order valence-electron chi connectivity index (χ2n) is 4.45. The number of ether oxygens (including phenoxy) is 2. The van der Waals surface area contributed by atoms with Gasteiger partial charge in [-0.1, -0.05) is 6.07 Å². The fraction of sp³-hybridized carbons (Fsp3) is 0.200. The van der Waals surface area contributed by atoms with Gasteiger partial charge in [-0.2, -0.15) is 0 Å². The van der Waals surface area contributed by atoms with Crippen LogP contribution in [0.15, 0.2) is 41.1 Å². The van der Waals surface area contributed by atoms with Gasteiger partial charge in [0, 0.05) is 0 Å². The highest BCUT2D eigenvalue weighted by molar-refractivity contribution is 5.62. The molecule has 0 aliphatic rings. The second-order valence-corrected chi connectivity index (χ2v) is 4.45. The molecule has 0 fully saturated rings. The van der Waals surface area contributed by atoms with Crippen LogP contribution in [0.25, 0.3) is 17.3 Å². The molecule has 0 N–H and O–H groups in total. The van der Waals surface area contributed by atoms with E-state index in [0.29, 0.717) is 23.1 Å². The van der Waals surface area contributed by atoms with E-state index < -0.39 is 0 Å². The fourth-order valence-electron chi connectivity index (χ4n) is 2.19. The van der Waals surface area contributed by atoms with Gasteiger partial charge in [0.25, 0.3) is 0 Å². The summed E-state index contributed by atoms with van der Waals surface area (Å²) in [5, 5.41) is 8.11. The molecule has 3 rings (SSSR count). The standard InChI is InChI=1S/C15H15N3O3/c1-10-7-8-13(21-10)15-17-16-9-18(15)14-11(19-2)5-4-6-12(14)20-3/h4-9H,1-3H3. The van der Waals surface area contributed by atoms with Crippen molar-refractivity contribution in [3.05, 3.63) is 42.4 Å². The van der Waals surface area contributed by atoms with Crippen LogP contribution in [0.2, 0.25) is 0 Å². The predicted molar refractivity (Wildman–Crippen MR) is 76.9 cm³/mol. The number of aryl methyl sites for hydroxylation is 1. The number of benzene rings is 1. The predicted octanol–water partition coefficient (Wildman–Crippen LogP) is 2.85. The third kappa shape index (κ3) is 2.24. The van der Waals surface area contributed by atoms with E-state index >= 15 is 0 Å². The van der Waals surface area contributed by atoms with Crippen molar-refractivity contribution in [1.82, 2.24) is 14.8 Å². The van der Waals surface area contributed by atoms with Crippen LogP contribution in [-0.2, 0) is 0 Å². The van der Waals surface area contributed by atoms with Crippen molar-refractivity contribution in [1.29, 1.82) is 0 Å². The SMILES string of the molecule is COc1cccc(OC)c1-n1cnnc1-c1ccc(C)o1. The number of aromatic nitrogens is 3. The third-order valence-corrected chi connectivity index (χ3v) is 3.15. The Morgan fingerprint density at radius 1 is 1.05 bits per heavy atom. The molecule has 0 radical (unpaired) electrons. The molecule has 6 heteroatoms. The van der Waals surface area contributed by atoms with Gasteiger partial charge in [-0.15, -0.1) is 10.2 Å². The molecule has 0 aliphatic carbocycles. The Bertz CT molecular complexity index is 739. The second kappa shape index (κ2) is 5.32. The largest absolute Gasteiger partial charge is 0.494 e. The highest BCUT2D eigenvalue weighted by Crippen LogP contribution is 2.35. The summed E-state index contributed by atoms with van der Waals surface area (Å²) in [5.41, 5.74) is 0.733. The number of hydrogen-bond donors (Lipinski definition) is 0. The average Bonchev–Trinajstić information content (AvgIpc) is 3.14. The molecule has 1 aromatic carbocycles. The zero-order valence-electron chi connectivity index (χ0n) is 12.0. The molecule has 2 aromatic heterocycles.